The number of carboxylic acid groups (broad SMARTS) is 1. The molecule has 0 fully saturated rings. The molecule has 0 aromatic carbocycles. The van der Waals surface area contributed by atoms with Crippen LogP contribution in [0.3, 0.4) is 0 Å². The summed E-state index contributed by atoms with van der Waals surface area (Å²) < 4.78 is 5.49. The van der Waals surface area contributed by atoms with Crippen molar-refractivity contribution in [3.8, 4) is 5.88 Å². The zero-order valence-electron chi connectivity index (χ0n) is 12.5. The highest BCUT2D eigenvalue weighted by Crippen LogP contribution is 2.16. The van der Waals surface area contributed by atoms with Crippen LogP contribution in [-0.2, 0) is 4.79 Å². The molecule has 0 saturated heterocycles. The highest BCUT2D eigenvalue weighted by molar-refractivity contribution is 5.68. The van der Waals surface area contributed by atoms with Crippen molar-refractivity contribution in [1.82, 2.24) is 9.97 Å². The number of aryl methyl sites for hydroxylation is 1. The molecule has 1 rings (SSSR count). The smallest absolute Gasteiger partial charge is 0.305 e. The van der Waals surface area contributed by atoms with Crippen LogP contribution in [0.25, 0.3) is 0 Å². The van der Waals surface area contributed by atoms with Gasteiger partial charge in [0.15, 0.2) is 0 Å². The summed E-state index contributed by atoms with van der Waals surface area (Å²) in [5.74, 6) is 0.247. The summed E-state index contributed by atoms with van der Waals surface area (Å²) in [7, 11) is 0. The maximum atomic E-state index is 10.9. The number of nitrogens with one attached hydrogen (secondary N) is 1. The van der Waals surface area contributed by atoms with E-state index >= 15 is 0 Å². The van der Waals surface area contributed by atoms with E-state index in [1.165, 1.54) is 0 Å². The van der Waals surface area contributed by atoms with Crippen LogP contribution in [0, 0.1) is 12.8 Å². The number of hydrogen-bond donors (Lipinski definition) is 2. The second-order valence-corrected chi connectivity index (χ2v) is 5.11. The van der Waals surface area contributed by atoms with Gasteiger partial charge in [-0.25, -0.2) is 4.98 Å². The molecular formula is C14H23N3O3. The first-order valence-corrected chi connectivity index (χ1v) is 6.89. The van der Waals surface area contributed by atoms with Gasteiger partial charge in [-0.1, -0.05) is 20.8 Å². The molecule has 1 heterocycles. The van der Waals surface area contributed by atoms with Gasteiger partial charge in [0.1, 0.15) is 0 Å². The van der Waals surface area contributed by atoms with Crippen LogP contribution in [0.2, 0.25) is 0 Å². The average molecular weight is 281 g/mol. The van der Waals surface area contributed by atoms with Crippen molar-refractivity contribution >= 4 is 11.9 Å². The zero-order valence-corrected chi connectivity index (χ0v) is 12.5. The van der Waals surface area contributed by atoms with Crippen LogP contribution < -0.4 is 10.1 Å². The normalized spacial score (nSPS) is 12.2. The molecule has 0 spiro atoms. The predicted molar refractivity (Wildman–Crippen MR) is 77.1 cm³/mol. The van der Waals surface area contributed by atoms with E-state index in [0.717, 1.165) is 12.1 Å². The Morgan fingerprint density at radius 1 is 1.45 bits per heavy atom. The molecule has 0 bridgehead atoms. The summed E-state index contributed by atoms with van der Waals surface area (Å²) in [6.07, 6.45) is 0.930. The third-order valence-electron chi connectivity index (χ3n) is 2.80. The second kappa shape index (κ2) is 7.67. The summed E-state index contributed by atoms with van der Waals surface area (Å²) in [6, 6.07) is 1.55. The molecule has 0 aliphatic rings. The number of carbonyl (C=O) groups is 1. The standard InChI is InChI=1S/C14H23N3O3/c1-5-6-20-12-7-10(4)15-14(17-12)16-11(9(2)3)8-13(18)19/h7,9,11H,5-6,8H2,1-4H3,(H,18,19)(H,15,16,17). The lowest BCUT2D eigenvalue weighted by Crippen LogP contribution is -2.29. The third kappa shape index (κ3) is 5.42. The van der Waals surface area contributed by atoms with Gasteiger partial charge in [-0.2, -0.15) is 4.98 Å². The van der Waals surface area contributed by atoms with E-state index in [2.05, 4.69) is 15.3 Å². The number of ether oxygens (including phenoxy) is 1. The number of nitrogens with zero attached hydrogens (tertiary/aromatic N) is 2. The van der Waals surface area contributed by atoms with Crippen LogP contribution in [0.15, 0.2) is 6.07 Å². The molecule has 6 nitrogen and oxygen atoms in total. The third-order valence-corrected chi connectivity index (χ3v) is 2.80. The van der Waals surface area contributed by atoms with Crippen molar-refractivity contribution in [2.45, 2.75) is 46.6 Å². The Kier molecular flexibility index (Phi) is 6.21. The van der Waals surface area contributed by atoms with E-state index < -0.39 is 5.97 Å². The number of rotatable bonds is 8. The van der Waals surface area contributed by atoms with Gasteiger partial charge in [0.25, 0.3) is 0 Å². The van der Waals surface area contributed by atoms with Crippen molar-refractivity contribution in [2.24, 2.45) is 5.92 Å². The lowest BCUT2D eigenvalue weighted by atomic mass is 10.0. The van der Waals surface area contributed by atoms with E-state index in [4.69, 9.17) is 9.84 Å². The fourth-order valence-corrected chi connectivity index (χ4v) is 1.69. The minimum absolute atomic E-state index is 0.0279. The predicted octanol–water partition coefficient (Wildman–Crippen LogP) is 2.49. The summed E-state index contributed by atoms with van der Waals surface area (Å²) in [5, 5.41) is 12.0. The van der Waals surface area contributed by atoms with E-state index in [-0.39, 0.29) is 18.4 Å². The summed E-state index contributed by atoms with van der Waals surface area (Å²) in [6.45, 7) is 8.40. The molecule has 6 heteroatoms. The van der Waals surface area contributed by atoms with Crippen molar-refractivity contribution in [1.29, 1.82) is 0 Å². The number of carboxylic acids is 1. The molecule has 0 aliphatic heterocycles. The molecule has 1 unspecified atom stereocenters. The fraction of sp³-hybridized carbons (Fsp3) is 0.643. The maximum Gasteiger partial charge on any atom is 0.305 e. The van der Waals surface area contributed by atoms with Gasteiger partial charge in [-0.15, -0.1) is 0 Å². The number of aromatic nitrogens is 2. The number of anilines is 1. The Morgan fingerprint density at radius 3 is 2.70 bits per heavy atom. The van der Waals surface area contributed by atoms with Gasteiger partial charge in [0.05, 0.1) is 13.0 Å². The number of hydrogen-bond acceptors (Lipinski definition) is 5. The first-order chi connectivity index (χ1) is 9.42. The average Bonchev–Trinajstić information content (AvgIpc) is 2.34. The van der Waals surface area contributed by atoms with E-state index in [1.807, 2.05) is 27.7 Å². The van der Waals surface area contributed by atoms with Gasteiger partial charge >= 0.3 is 5.97 Å². The van der Waals surface area contributed by atoms with Gasteiger partial charge in [0.2, 0.25) is 11.8 Å². The topological polar surface area (TPSA) is 84.3 Å². The second-order valence-electron chi connectivity index (χ2n) is 5.11. The molecule has 0 amide bonds. The Bertz CT molecular complexity index is 449. The van der Waals surface area contributed by atoms with Crippen LogP contribution >= 0.6 is 0 Å². The highest BCUT2D eigenvalue weighted by atomic mass is 16.5. The van der Waals surface area contributed by atoms with Crippen LogP contribution in [-0.4, -0.2) is 33.7 Å². The first kappa shape index (κ1) is 16.2. The van der Waals surface area contributed by atoms with Crippen molar-refractivity contribution in [2.75, 3.05) is 11.9 Å². The molecule has 0 saturated carbocycles. The van der Waals surface area contributed by atoms with Crippen molar-refractivity contribution < 1.29 is 14.6 Å². The highest BCUT2D eigenvalue weighted by Gasteiger charge is 2.18. The Morgan fingerprint density at radius 2 is 2.15 bits per heavy atom. The van der Waals surface area contributed by atoms with Gasteiger partial charge < -0.3 is 15.2 Å². The molecule has 112 valence electrons. The van der Waals surface area contributed by atoms with Crippen LogP contribution in [0.4, 0.5) is 5.95 Å². The minimum atomic E-state index is -0.841. The molecule has 0 aliphatic carbocycles. The van der Waals surface area contributed by atoms with Crippen LogP contribution in [0.5, 0.6) is 5.88 Å². The lowest BCUT2D eigenvalue weighted by molar-refractivity contribution is -0.137. The molecule has 1 aromatic rings. The zero-order chi connectivity index (χ0) is 15.1. The summed E-state index contributed by atoms with van der Waals surface area (Å²) in [5.41, 5.74) is 0.784. The van der Waals surface area contributed by atoms with E-state index in [9.17, 15) is 4.79 Å². The van der Waals surface area contributed by atoms with Crippen molar-refractivity contribution in [3.63, 3.8) is 0 Å². The first-order valence-electron chi connectivity index (χ1n) is 6.89. The quantitative estimate of drug-likeness (QED) is 0.761. The minimum Gasteiger partial charge on any atom is -0.481 e. The Hall–Kier alpha value is -1.85. The molecular weight excluding hydrogens is 258 g/mol. The summed E-state index contributed by atoms with van der Waals surface area (Å²) in [4.78, 5) is 19.4. The van der Waals surface area contributed by atoms with Gasteiger partial charge in [-0.05, 0) is 19.3 Å². The Labute approximate surface area is 119 Å². The molecule has 0 radical (unpaired) electrons. The molecule has 20 heavy (non-hydrogen) atoms. The van der Waals surface area contributed by atoms with Gasteiger partial charge in [-0.3, -0.25) is 4.79 Å². The molecule has 1 atom stereocenters. The Balaban J connectivity index is 2.83. The largest absolute Gasteiger partial charge is 0.481 e. The van der Waals surface area contributed by atoms with Crippen LogP contribution in [0.1, 0.15) is 39.3 Å². The van der Waals surface area contributed by atoms with Crippen molar-refractivity contribution in [3.05, 3.63) is 11.8 Å². The molecule has 2 N–H and O–H groups in total. The number of aliphatic carboxylic acids is 1. The molecule has 1 aromatic heterocycles. The SMILES string of the molecule is CCCOc1cc(C)nc(NC(CC(=O)O)C(C)C)n1. The monoisotopic (exact) mass is 281 g/mol. The van der Waals surface area contributed by atoms with Gasteiger partial charge in [0, 0.05) is 17.8 Å². The fourth-order valence-electron chi connectivity index (χ4n) is 1.69. The van der Waals surface area contributed by atoms with E-state index in [1.54, 1.807) is 6.07 Å². The maximum absolute atomic E-state index is 10.9. The van der Waals surface area contributed by atoms with E-state index in [0.29, 0.717) is 18.4 Å². The lowest BCUT2D eigenvalue weighted by Gasteiger charge is -2.21. The summed E-state index contributed by atoms with van der Waals surface area (Å²) >= 11 is 0.